The molecule has 1 aliphatic rings. The number of amides is 1. The topological polar surface area (TPSA) is 62.6 Å². The van der Waals surface area contributed by atoms with E-state index in [0.717, 1.165) is 18.4 Å². The fraction of sp³-hybridized carbons (Fsp3) is 0.500. The normalized spacial score (nSPS) is 13.4. The van der Waals surface area contributed by atoms with Crippen molar-refractivity contribution < 1.29 is 14.3 Å². The van der Waals surface area contributed by atoms with Gasteiger partial charge in [-0.1, -0.05) is 0 Å². The summed E-state index contributed by atoms with van der Waals surface area (Å²) in [6.07, 6.45) is 2.37. The van der Waals surface area contributed by atoms with E-state index in [-0.39, 0.29) is 11.9 Å². The summed E-state index contributed by atoms with van der Waals surface area (Å²) in [5, 5.41) is 8.74. The average molecular weight is 288 g/mol. The summed E-state index contributed by atoms with van der Waals surface area (Å²) < 4.78 is 10.6. The predicted octanol–water partition coefficient (Wildman–Crippen LogP) is 2.53. The lowest BCUT2D eigenvalue weighted by Gasteiger charge is -2.22. The largest absolute Gasteiger partial charge is 0.496 e. The molecular formula is C16H20N2O3. The Morgan fingerprint density at radius 1 is 1.33 bits per heavy atom. The Hall–Kier alpha value is -2.22. The summed E-state index contributed by atoms with van der Waals surface area (Å²) >= 11 is 0. The minimum atomic E-state index is -0.0654. The van der Waals surface area contributed by atoms with Crippen molar-refractivity contribution in [2.75, 3.05) is 20.8 Å². The fourth-order valence-electron chi connectivity index (χ4n) is 2.38. The molecule has 0 aromatic heterocycles. The zero-order valence-corrected chi connectivity index (χ0v) is 12.7. The number of methoxy groups -OCH3 is 2. The van der Waals surface area contributed by atoms with E-state index in [0.29, 0.717) is 30.0 Å². The van der Waals surface area contributed by atoms with Crippen molar-refractivity contribution in [3.63, 3.8) is 0 Å². The number of carbonyl (C=O) groups is 1. The van der Waals surface area contributed by atoms with Crippen LogP contribution < -0.4 is 9.47 Å². The SMILES string of the molecule is COc1cc(C(=O)N(CCC#N)C2CC2)cc(OC)c1C. The van der Waals surface area contributed by atoms with Crippen LogP contribution in [0.2, 0.25) is 0 Å². The zero-order chi connectivity index (χ0) is 15.4. The third-order valence-electron chi connectivity index (χ3n) is 3.71. The van der Waals surface area contributed by atoms with Crippen LogP contribution in [-0.4, -0.2) is 37.6 Å². The molecule has 0 spiro atoms. The van der Waals surface area contributed by atoms with Crippen molar-refractivity contribution in [3.05, 3.63) is 23.3 Å². The van der Waals surface area contributed by atoms with Crippen LogP contribution in [0.5, 0.6) is 11.5 Å². The first-order valence-electron chi connectivity index (χ1n) is 7.03. The first-order valence-corrected chi connectivity index (χ1v) is 7.03. The minimum Gasteiger partial charge on any atom is -0.496 e. The van der Waals surface area contributed by atoms with Crippen molar-refractivity contribution >= 4 is 5.91 Å². The average Bonchev–Trinajstić information content (AvgIpc) is 3.32. The summed E-state index contributed by atoms with van der Waals surface area (Å²) in [7, 11) is 3.15. The van der Waals surface area contributed by atoms with Gasteiger partial charge in [0.15, 0.2) is 0 Å². The van der Waals surface area contributed by atoms with E-state index in [4.69, 9.17) is 14.7 Å². The third kappa shape index (κ3) is 3.27. The predicted molar refractivity (Wildman–Crippen MR) is 78.6 cm³/mol. The monoisotopic (exact) mass is 288 g/mol. The van der Waals surface area contributed by atoms with E-state index in [1.165, 1.54) is 0 Å². The van der Waals surface area contributed by atoms with Crippen LogP contribution in [0.1, 0.15) is 35.2 Å². The maximum atomic E-state index is 12.7. The van der Waals surface area contributed by atoms with E-state index in [2.05, 4.69) is 6.07 Å². The second kappa shape index (κ2) is 6.49. The van der Waals surface area contributed by atoms with Gasteiger partial charge in [0.2, 0.25) is 0 Å². The number of nitrogens with zero attached hydrogens (tertiary/aromatic N) is 2. The molecule has 0 atom stereocenters. The second-order valence-corrected chi connectivity index (χ2v) is 5.14. The molecule has 5 heteroatoms. The highest BCUT2D eigenvalue weighted by atomic mass is 16.5. The van der Waals surface area contributed by atoms with Gasteiger partial charge in [0, 0.05) is 23.7 Å². The molecule has 0 heterocycles. The van der Waals surface area contributed by atoms with Crippen LogP contribution >= 0.6 is 0 Å². The Labute approximate surface area is 125 Å². The van der Waals surface area contributed by atoms with Gasteiger partial charge in [-0.15, -0.1) is 0 Å². The van der Waals surface area contributed by atoms with Crippen molar-refractivity contribution in [1.82, 2.24) is 4.90 Å². The molecule has 0 aliphatic heterocycles. The highest BCUT2D eigenvalue weighted by molar-refractivity contribution is 5.95. The third-order valence-corrected chi connectivity index (χ3v) is 3.71. The van der Waals surface area contributed by atoms with Crippen LogP contribution in [0, 0.1) is 18.3 Å². The van der Waals surface area contributed by atoms with Crippen LogP contribution in [-0.2, 0) is 0 Å². The van der Waals surface area contributed by atoms with E-state index < -0.39 is 0 Å². The number of hydrogen-bond donors (Lipinski definition) is 0. The maximum absolute atomic E-state index is 12.7. The quantitative estimate of drug-likeness (QED) is 0.807. The van der Waals surface area contributed by atoms with E-state index >= 15 is 0 Å². The lowest BCUT2D eigenvalue weighted by molar-refractivity contribution is 0.0746. The highest BCUT2D eigenvalue weighted by Gasteiger charge is 2.33. The van der Waals surface area contributed by atoms with Crippen molar-refractivity contribution in [1.29, 1.82) is 5.26 Å². The molecule has 5 nitrogen and oxygen atoms in total. The summed E-state index contributed by atoms with van der Waals surface area (Å²) in [4.78, 5) is 14.5. The van der Waals surface area contributed by atoms with Gasteiger partial charge in [-0.3, -0.25) is 4.79 Å². The minimum absolute atomic E-state index is 0.0654. The standard InChI is InChI=1S/C16H20N2O3/c1-11-14(20-2)9-12(10-15(11)21-3)16(19)18(8-4-7-17)13-5-6-13/h9-10,13H,4-6,8H2,1-3H3. The van der Waals surface area contributed by atoms with Gasteiger partial charge in [-0.05, 0) is 31.9 Å². The fourth-order valence-corrected chi connectivity index (χ4v) is 2.38. The number of rotatable bonds is 6. The molecule has 1 saturated carbocycles. The van der Waals surface area contributed by atoms with Crippen molar-refractivity contribution in [3.8, 4) is 17.6 Å². The molecule has 112 valence electrons. The molecule has 0 N–H and O–H groups in total. The zero-order valence-electron chi connectivity index (χ0n) is 12.7. The Balaban J connectivity index is 2.30. The molecule has 0 unspecified atom stereocenters. The van der Waals surface area contributed by atoms with Crippen LogP contribution in [0.3, 0.4) is 0 Å². The van der Waals surface area contributed by atoms with Crippen LogP contribution in [0.25, 0.3) is 0 Å². The van der Waals surface area contributed by atoms with Crippen molar-refractivity contribution in [2.45, 2.75) is 32.2 Å². The lowest BCUT2D eigenvalue weighted by atomic mass is 10.1. The molecule has 1 aromatic rings. The van der Waals surface area contributed by atoms with Crippen LogP contribution in [0.15, 0.2) is 12.1 Å². The number of nitriles is 1. The molecular weight excluding hydrogens is 268 g/mol. The molecule has 21 heavy (non-hydrogen) atoms. The van der Waals surface area contributed by atoms with Gasteiger partial charge in [-0.25, -0.2) is 0 Å². The molecule has 0 radical (unpaired) electrons. The number of hydrogen-bond acceptors (Lipinski definition) is 4. The van der Waals surface area contributed by atoms with Crippen LogP contribution in [0.4, 0.5) is 0 Å². The number of benzene rings is 1. The summed E-state index contributed by atoms with van der Waals surface area (Å²) in [5.41, 5.74) is 1.41. The molecule has 2 rings (SSSR count). The second-order valence-electron chi connectivity index (χ2n) is 5.14. The van der Waals surface area contributed by atoms with Gasteiger partial charge in [-0.2, -0.15) is 5.26 Å². The summed E-state index contributed by atoms with van der Waals surface area (Å²) in [5.74, 6) is 1.20. The smallest absolute Gasteiger partial charge is 0.254 e. The molecule has 0 saturated heterocycles. The molecule has 1 aromatic carbocycles. The molecule has 1 fully saturated rings. The Morgan fingerprint density at radius 2 is 1.90 bits per heavy atom. The van der Waals surface area contributed by atoms with E-state index in [9.17, 15) is 4.79 Å². The lowest BCUT2D eigenvalue weighted by Crippen LogP contribution is -2.34. The summed E-state index contributed by atoms with van der Waals surface area (Å²) in [6, 6.07) is 5.84. The number of carbonyl (C=O) groups excluding carboxylic acids is 1. The highest BCUT2D eigenvalue weighted by Crippen LogP contribution is 2.33. The number of ether oxygens (including phenoxy) is 2. The van der Waals surface area contributed by atoms with Gasteiger partial charge < -0.3 is 14.4 Å². The van der Waals surface area contributed by atoms with Crippen molar-refractivity contribution in [2.24, 2.45) is 0 Å². The first-order chi connectivity index (χ1) is 10.1. The summed E-state index contributed by atoms with van der Waals surface area (Å²) in [6.45, 7) is 2.36. The van der Waals surface area contributed by atoms with Gasteiger partial charge in [0.1, 0.15) is 11.5 Å². The van der Waals surface area contributed by atoms with E-state index in [1.807, 2.05) is 6.92 Å². The molecule has 1 aliphatic carbocycles. The van der Waals surface area contributed by atoms with Gasteiger partial charge in [0.05, 0.1) is 26.7 Å². The maximum Gasteiger partial charge on any atom is 0.254 e. The Kier molecular flexibility index (Phi) is 4.69. The van der Waals surface area contributed by atoms with Gasteiger partial charge >= 0.3 is 0 Å². The molecule has 0 bridgehead atoms. The first kappa shape index (κ1) is 15.2. The Bertz CT molecular complexity index is 548. The van der Waals surface area contributed by atoms with E-state index in [1.54, 1.807) is 31.3 Å². The van der Waals surface area contributed by atoms with Gasteiger partial charge in [0.25, 0.3) is 5.91 Å². The molecule has 1 amide bonds. The Morgan fingerprint density at radius 3 is 2.33 bits per heavy atom.